The zero-order chi connectivity index (χ0) is 17.9. The predicted molar refractivity (Wildman–Crippen MR) is 104 cm³/mol. The summed E-state index contributed by atoms with van der Waals surface area (Å²) in [5.41, 5.74) is 2.86. The Kier molecular flexibility index (Phi) is 4.97. The first-order chi connectivity index (χ1) is 12.7. The van der Waals surface area contributed by atoms with Gasteiger partial charge in [-0.25, -0.2) is 9.97 Å². The fourth-order valence-corrected chi connectivity index (χ4v) is 4.12. The highest BCUT2D eigenvalue weighted by molar-refractivity contribution is 7.15. The van der Waals surface area contributed by atoms with Crippen LogP contribution >= 0.6 is 22.9 Å². The molecular formula is C19H17ClN4OS. The molecule has 1 aliphatic heterocycles. The molecule has 0 spiro atoms. The van der Waals surface area contributed by atoms with Crippen molar-refractivity contribution in [2.75, 3.05) is 11.9 Å². The first-order valence-electron chi connectivity index (χ1n) is 8.35. The number of anilines is 1. The van der Waals surface area contributed by atoms with Crippen LogP contribution in [-0.4, -0.2) is 27.3 Å². The minimum Gasteiger partial charge on any atom is -0.298 e. The Balaban J connectivity index is 1.42. The minimum absolute atomic E-state index is 0.221. The zero-order valence-electron chi connectivity index (χ0n) is 14.0. The van der Waals surface area contributed by atoms with Gasteiger partial charge < -0.3 is 0 Å². The molecule has 0 unspecified atom stereocenters. The Hall–Kier alpha value is -2.28. The largest absolute Gasteiger partial charge is 0.298 e. The average Bonchev–Trinajstić information content (AvgIpc) is 3.04. The van der Waals surface area contributed by atoms with Crippen LogP contribution in [0.25, 0.3) is 0 Å². The second-order valence-corrected chi connectivity index (χ2v) is 7.63. The van der Waals surface area contributed by atoms with Crippen molar-refractivity contribution >= 4 is 34.0 Å². The molecule has 0 fully saturated rings. The SMILES string of the molecule is O=C(Nc1nc2c(s1)CN(Cc1ccccc1)CC2)c1ccc(Cl)nc1. The van der Waals surface area contributed by atoms with Crippen molar-refractivity contribution in [2.24, 2.45) is 0 Å². The molecule has 0 bridgehead atoms. The molecule has 4 rings (SSSR count). The molecule has 1 N–H and O–H groups in total. The van der Waals surface area contributed by atoms with Gasteiger partial charge in [0.05, 0.1) is 11.3 Å². The van der Waals surface area contributed by atoms with Crippen LogP contribution in [0.3, 0.4) is 0 Å². The molecule has 2 aromatic heterocycles. The lowest BCUT2D eigenvalue weighted by molar-refractivity contribution is 0.102. The van der Waals surface area contributed by atoms with Crippen LogP contribution in [0.4, 0.5) is 5.13 Å². The Morgan fingerprint density at radius 3 is 2.85 bits per heavy atom. The van der Waals surface area contributed by atoms with Crippen molar-refractivity contribution in [3.63, 3.8) is 0 Å². The summed E-state index contributed by atoms with van der Waals surface area (Å²) in [4.78, 5) is 24.5. The molecule has 26 heavy (non-hydrogen) atoms. The van der Waals surface area contributed by atoms with Crippen LogP contribution in [0.2, 0.25) is 5.15 Å². The van der Waals surface area contributed by atoms with E-state index >= 15 is 0 Å². The van der Waals surface area contributed by atoms with Crippen LogP contribution in [0.15, 0.2) is 48.7 Å². The van der Waals surface area contributed by atoms with Crippen LogP contribution in [0.1, 0.15) is 26.5 Å². The second-order valence-electron chi connectivity index (χ2n) is 6.16. The first-order valence-corrected chi connectivity index (χ1v) is 9.54. The summed E-state index contributed by atoms with van der Waals surface area (Å²) in [5, 5.41) is 3.87. The molecule has 0 radical (unpaired) electrons. The number of fused-ring (bicyclic) bond motifs is 1. The lowest BCUT2D eigenvalue weighted by Gasteiger charge is -2.25. The third-order valence-corrected chi connectivity index (χ3v) is 5.49. The van der Waals surface area contributed by atoms with Crippen molar-refractivity contribution in [3.05, 3.63) is 75.5 Å². The quantitative estimate of drug-likeness (QED) is 0.690. The number of nitrogens with zero attached hydrogens (tertiary/aromatic N) is 3. The average molecular weight is 385 g/mol. The Bertz CT molecular complexity index is 911. The minimum atomic E-state index is -0.221. The maximum atomic E-state index is 12.3. The Morgan fingerprint density at radius 1 is 1.23 bits per heavy atom. The smallest absolute Gasteiger partial charge is 0.259 e. The number of carbonyl (C=O) groups is 1. The number of amides is 1. The number of rotatable bonds is 4. The van der Waals surface area contributed by atoms with Crippen molar-refractivity contribution in [1.29, 1.82) is 0 Å². The highest BCUT2D eigenvalue weighted by Crippen LogP contribution is 2.29. The normalized spacial score (nSPS) is 14.0. The molecule has 0 saturated heterocycles. The van der Waals surface area contributed by atoms with E-state index in [9.17, 15) is 4.79 Å². The van der Waals surface area contributed by atoms with E-state index in [2.05, 4.69) is 44.5 Å². The van der Waals surface area contributed by atoms with E-state index in [-0.39, 0.29) is 5.91 Å². The van der Waals surface area contributed by atoms with Gasteiger partial charge >= 0.3 is 0 Å². The number of carbonyl (C=O) groups excluding carboxylic acids is 1. The number of halogens is 1. The number of pyridine rings is 1. The van der Waals surface area contributed by atoms with Crippen molar-refractivity contribution in [2.45, 2.75) is 19.5 Å². The molecule has 0 aliphatic carbocycles. The summed E-state index contributed by atoms with van der Waals surface area (Å²) >= 11 is 7.30. The molecule has 0 saturated carbocycles. The summed E-state index contributed by atoms with van der Waals surface area (Å²) in [6.07, 6.45) is 2.36. The molecule has 1 amide bonds. The van der Waals surface area contributed by atoms with Gasteiger partial charge in [-0.05, 0) is 17.7 Å². The topological polar surface area (TPSA) is 58.1 Å². The standard InChI is InChI=1S/C19H17ClN4OS/c20-17-7-6-14(10-21-17)18(25)23-19-22-15-8-9-24(12-16(15)26-19)11-13-4-2-1-3-5-13/h1-7,10H,8-9,11-12H2,(H,22,23,25). The lowest BCUT2D eigenvalue weighted by atomic mass is 10.1. The van der Waals surface area contributed by atoms with E-state index in [0.717, 1.165) is 31.7 Å². The lowest BCUT2D eigenvalue weighted by Crippen LogP contribution is -2.29. The number of hydrogen-bond acceptors (Lipinski definition) is 5. The van der Waals surface area contributed by atoms with Gasteiger partial charge in [-0.1, -0.05) is 41.9 Å². The van der Waals surface area contributed by atoms with Crippen LogP contribution in [-0.2, 0) is 19.5 Å². The summed E-state index contributed by atoms with van der Waals surface area (Å²) in [6, 6.07) is 13.7. The number of thiazole rings is 1. The summed E-state index contributed by atoms with van der Waals surface area (Å²) < 4.78 is 0. The Labute approximate surface area is 160 Å². The van der Waals surface area contributed by atoms with E-state index < -0.39 is 0 Å². The number of benzene rings is 1. The zero-order valence-corrected chi connectivity index (χ0v) is 15.6. The molecule has 0 atom stereocenters. The third-order valence-electron chi connectivity index (χ3n) is 4.27. The monoisotopic (exact) mass is 384 g/mol. The first kappa shape index (κ1) is 17.1. The maximum Gasteiger partial charge on any atom is 0.259 e. The van der Waals surface area contributed by atoms with Crippen LogP contribution < -0.4 is 5.32 Å². The molecule has 1 aromatic carbocycles. The van der Waals surface area contributed by atoms with E-state index in [1.807, 2.05) is 6.07 Å². The summed E-state index contributed by atoms with van der Waals surface area (Å²) in [6.45, 7) is 2.76. The van der Waals surface area contributed by atoms with Gasteiger partial charge in [-0.3, -0.25) is 15.0 Å². The van der Waals surface area contributed by atoms with Crippen molar-refractivity contribution < 1.29 is 4.79 Å². The van der Waals surface area contributed by atoms with Crippen LogP contribution in [0, 0.1) is 0 Å². The fraction of sp³-hybridized carbons (Fsp3) is 0.211. The third kappa shape index (κ3) is 3.93. The highest BCUT2D eigenvalue weighted by atomic mass is 35.5. The summed E-state index contributed by atoms with van der Waals surface area (Å²) in [5.74, 6) is -0.221. The van der Waals surface area contributed by atoms with E-state index in [1.165, 1.54) is 16.6 Å². The van der Waals surface area contributed by atoms with Crippen LogP contribution in [0.5, 0.6) is 0 Å². The molecule has 132 valence electrons. The van der Waals surface area contributed by atoms with Gasteiger partial charge in [-0.15, -0.1) is 11.3 Å². The molecule has 1 aliphatic rings. The van der Waals surface area contributed by atoms with Gasteiger partial charge in [0.2, 0.25) is 0 Å². The van der Waals surface area contributed by atoms with E-state index in [1.54, 1.807) is 23.5 Å². The van der Waals surface area contributed by atoms with Gasteiger partial charge in [0.1, 0.15) is 5.15 Å². The number of nitrogens with one attached hydrogen (secondary N) is 1. The van der Waals surface area contributed by atoms with E-state index in [4.69, 9.17) is 11.6 Å². The fourth-order valence-electron chi connectivity index (χ4n) is 2.96. The highest BCUT2D eigenvalue weighted by Gasteiger charge is 2.21. The molecule has 5 nitrogen and oxygen atoms in total. The van der Waals surface area contributed by atoms with Gasteiger partial charge in [0.25, 0.3) is 5.91 Å². The molecule has 3 aromatic rings. The van der Waals surface area contributed by atoms with Gasteiger partial charge in [0.15, 0.2) is 5.13 Å². The van der Waals surface area contributed by atoms with Crippen molar-refractivity contribution in [3.8, 4) is 0 Å². The molecular weight excluding hydrogens is 368 g/mol. The van der Waals surface area contributed by atoms with Gasteiger partial charge in [0, 0.05) is 37.1 Å². The Morgan fingerprint density at radius 2 is 2.08 bits per heavy atom. The van der Waals surface area contributed by atoms with E-state index in [0.29, 0.717) is 15.8 Å². The maximum absolute atomic E-state index is 12.3. The molecule has 3 heterocycles. The number of aromatic nitrogens is 2. The molecule has 7 heteroatoms. The predicted octanol–water partition coefficient (Wildman–Crippen LogP) is 4.00. The number of hydrogen-bond donors (Lipinski definition) is 1. The second kappa shape index (κ2) is 7.53. The summed E-state index contributed by atoms with van der Waals surface area (Å²) in [7, 11) is 0. The van der Waals surface area contributed by atoms with Crippen molar-refractivity contribution in [1.82, 2.24) is 14.9 Å². The van der Waals surface area contributed by atoms with Gasteiger partial charge in [-0.2, -0.15) is 0 Å².